The van der Waals surface area contributed by atoms with E-state index in [4.69, 9.17) is 5.11 Å². The number of hydrogen-bond acceptors (Lipinski definition) is 2. The Morgan fingerprint density at radius 3 is 2.71 bits per heavy atom. The Labute approximate surface area is 113 Å². The molecule has 0 bridgehead atoms. The van der Waals surface area contributed by atoms with E-state index < -0.39 is 0 Å². The van der Waals surface area contributed by atoms with Crippen molar-refractivity contribution in [1.82, 2.24) is 5.32 Å². The van der Waals surface area contributed by atoms with Gasteiger partial charge >= 0.3 is 0 Å². The first-order valence-electron chi connectivity index (χ1n) is 6.33. The van der Waals surface area contributed by atoms with Crippen LogP contribution in [0.2, 0.25) is 0 Å². The molecule has 1 rings (SSSR count). The first-order chi connectivity index (χ1) is 8.24. The van der Waals surface area contributed by atoms with Crippen LogP contribution in [-0.4, -0.2) is 18.3 Å². The van der Waals surface area contributed by atoms with E-state index in [1.54, 1.807) is 0 Å². The third kappa shape index (κ3) is 6.20. The van der Waals surface area contributed by atoms with E-state index in [0.717, 1.165) is 23.9 Å². The normalized spacial score (nSPS) is 12.6. The lowest BCUT2D eigenvalue weighted by Crippen LogP contribution is -2.19. The fraction of sp³-hybridized carbons (Fsp3) is 0.571. The summed E-state index contributed by atoms with van der Waals surface area (Å²) < 4.78 is 1.13. The van der Waals surface area contributed by atoms with Crippen LogP contribution in [0, 0.1) is 0 Å². The Kier molecular flexibility index (Phi) is 7.49. The van der Waals surface area contributed by atoms with Crippen molar-refractivity contribution in [2.45, 2.75) is 38.6 Å². The van der Waals surface area contributed by atoms with Gasteiger partial charge in [0.1, 0.15) is 0 Å². The van der Waals surface area contributed by atoms with Gasteiger partial charge in [-0.15, -0.1) is 0 Å². The maximum absolute atomic E-state index is 8.67. The monoisotopic (exact) mass is 299 g/mol. The predicted molar refractivity (Wildman–Crippen MR) is 76.1 cm³/mol. The molecule has 1 unspecified atom stereocenters. The van der Waals surface area contributed by atoms with Crippen molar-refractivity contribution in [1.29, 1.82) is 0 Å². The van der Waals surface area contributed by atoms with Gasteiger partial charge in [-0.2, -0.15) is 0 Å². The van der Waals surface area contributed by atoms with Gasteiger partial charge < -0.3 is 10.4 Å². The quantitative estimate of drug-likeness (QED) is 0.718. The molecule has 0 spiro atoms. The minimum atomic E-state index is 0.321. The molecule has 0 aliphatic rings. The van der Waals surface area contributed by atoms with Gasteiger partial charge in [0.2, 0.25) is 0 Å². The highest BCUT2D eigenvalue weighted by atomic mass is 79.9. The Bertz CT molecular complexity index is 317. The van der Waals surface area contributed by atoms with Crippen molar-refractivity contribution in [3.63, 3.8) is 0 Å². The van der Waals surface area contributed by atoms with Gasteiger partial charge in [0.25, 0.3) is 0 Å². The number of unbranched alkanes of at least 4 members (excludes halogenated alkanes) is 3. The lowest BCUT2D eigenvalue weighted by Gasteiger charge is -2.14. The van der Waals surface area contributed by atoms with E-state index in [1.807, 2.05) is 6.07 Å². The molecule has 0 fully saturated rings. The lowest BCUT2D eigenvalue weighted by molar-refractivity contribution is 0.282. The Hall–Kier alpha value is -0.380. The number of nitrogens with one attached hydrogen (secondary N) is 1. The highest BCUT2D eigenvalue weighted by Crippen LogP contribution is 2.17. The third-order valence-corrected chi connectivity index (χ3v) is 3.38. The predicted octanol–water partition coefficient (Wildman–Crippen LogP) is 3.65. The number of rotatable bonds is 8. The highest BCUT2D eigenvalue weighted by molar-refractivity contribution is 9.10. The number of halogens is 1. The fourth-order valence-electron chi connectivity index (χ4n) is 1.80. The molecule has 2 N–H and O–H groups in total. The van der Waals surface area contributed by atoms with Crippen LogP contribution in [0.1, 0.15) is 44.2 Å². The molecule has 2 nitrogen and oxygen atoms in total. The van der Waals surface area contributed by atoms with Gasteiger partial charge in [0.05, 0.1) is 0 Å². The molecular weight excluding hydrogens is 278 g/mol. The van der Waals surface area contributed by atoms with Gasteiger partial charge in [0, 0.05) is 17.1 Å². The molecule has 17 heavy (non-hydrogen) atoms. The lowest BCUT2D eigenvalue weighted by atomic mass is 10.1. The molecule has 0 aliphatic heterocycles. The van der Waals surface area contributed by atoms with Gasteiger partial charge in [-0.25, -0.2) is 0 Å². The standard InChI is InChI=1S/C14H22BrNO/c1-12(13-7-6-8-14(15)11-13)16-9-4-2-3-5-10-17/h6-8,11-12,16-17H,2-5,9-10H2,1H3. The van der Waals surface area contributed by atoms with E-state index in [1.165, 1.54) is 18.4 Å². The smallest absolute Gasteiger partial charge is 0.0431 e. The molecule has 0 amide bonds. The minimum absolute atomic E-state index is 0.321. The summed E-state index contributed by atoms with van der Waals surface area (Å²) in [4.78, 5) is 0. The Morgan fingerprint density at radius 1 is 1.24 bits per heavy atom. The summed E-state index contributed by atoms with van der Waals surface area (Å²) in [6, 6.07) is 8.81. The van der Waals surface area contributed by atoms with Gasteiger partial charge in [-0.05, 0) is 44.0 Å². The summed E-state index contributed by atoms with van der Waals surface area (Å²) in [5, 5.41) is 12.2. The SMILES string of the molecule is CC(NCCCCCCO)c1cccc(Br)c1. The minimum Gasteiger partial charge on any atom is -0.396 e. The second-order valence-corrected chi connectivity index (χ2v) is 5.28. The number of hydrogen-bond donors (Lipinski definition) is 2. The van der Waals surface area contributed by atoms with Crippen molar-refractivity contribution >= 4 is 15.9 Å². The van der Waals surface area contributed by atoms with Crippen LogP contribution in [-0.2, 0) is 0 Å². The molecule has 0 radical (unpaired) electrons. The zero-order valence-electron chi connectivity index (χ0n) is 10.5. The van der Waals surface area contributed by atoms with Crippen molar-refractivity contribution in [2.75, 3.05) is 13.2 Å². The summed E-state index contributed by atoms with van der Waals surface area (Å²) in [6.45, 7) is 3.55. The van der Waals surface area contributed by atoms with Crippen LogP contribution in [0.25, 0.3) is 0 Å². The Balaban J connectivity index is 2.19. The summed E-state index contributed by atoms with van der Waals surface area (Å²) in [7, 11) is 0. The van der Waals surface area contributed by atoms with Crippen LogP contribution in [0.3, 0.4) is 0 Å². The summed E-state index contributed by atoms with van der Waals surface area (Å²) in [6.07, 6.45) is 4.43. The molecule has 1 aromatic rings. The van der Waals surface area contributed by atoms with Gasteiger partial charge in [-0.3, -0.25) is 0 Å². The van der Waals surface area contributed by atoms with E-state index in [9.17, 15) is 0 Å². The third-order valence-electron chi connectivity index (χ3n) is 2.88. The zero-order valence-corrected chi connectivity index (χ0v) is 12.0. The summed E-state index contributed by atoms with van der Waals surface area (Å²) in [5.41, 5.74) is 1.31. The molecule has 0 aromatic heterocycles. The molecule has 1 aromatic carbocycles. The van der Waals surface area contributed by atoms with E-state index >= 15 is 0 Å². The second-order valence-electron chi connectivity index (χ2n) is 4.37. The van der Waals surface area contributed by atoms with Crippen LogP contribution in [0.4, 0.5) is 0 Å². The second kappa shape index (κ2) is 8.67. The largest absolute Gasteiger partial charge is 0.396 e. The van der Waals surface area contributed by atoms with Crippen LogP contribution in [0.15, 0.2) is 28.7 Å². The van der Waals surface area contributed by atoms with Crippen LogP contribution < -0.4 is 5.32 Å². The maximum atomic E-state index is 8.67. The van der Waals surface area contributed by atoms with E-state index in [2.05, 4.69) is 46.4 Å². The molecular formula is C14H22BrNO. The van der Waals surface area contributed by atoms with Crippen LogP contribution >= 0.6 is 15.9 Å². The summed E-state index contributed by atoms with van der Waals surface area (Å²) in [5.74, 6) is 0. The van der Waals surface area contributed by atoms with E-state index in [-0.39, 0.29) is 0 Å². The molecule has 1 atom stereocenters. The molecule has 0 saturated carbocycles. The first-order valence-corrected chi connectivity index (χ1v) is 7.13. The fourth-order valence-corrected chi connectivity index (χ4v) is 2.22. The van der Waals surface area contributed by atoms with Gasteiger partial charge in [0.15, 0.2) is 0 Å². The number of aliphatic hydroxyl groups excluding tert-OH is 1. The average Bonchev–Trinajstić information content (AvgIpc) is 2.33. The molecule has 3 heteroatoms. The van der Waals surface area contributed by atoms with Crippen molar-refractivity contribution in [3.05, 3.63) is 34.3 Å². The maximum Gasteiger partial charge on any atom is 0.0431 e. The molecule has 0 heterocycles. The molecule has 0 aliphatic carbocycles. The van der Waals surface area contributed by atoms with Crippen molar-refractivity contribution in [2.24, 2.45) is 0 Å². The average molecular weight is 300 g/mol. The topological polar surface area (TPSA) is 32.3 Å². The van der Waals surface area contributed by atoms with Crippen molar-refractivity contribution in [3.8, 4) is 0 Å². The number of aliphatic hydroxyl groups is 1. The first kappa shape index (κ1) is 14.7. The molecule has 0 saturated heterocycles. The molecule has 96 valence electrons. The number of benzene rings is 1. The van der Waals surface area contributed by atoms with Gasteiger partial charge in [-0.1, -0.05) is 40.9 Å². The van der Waals surface area contributed by atoms with Crippen molar-refractivity contribution < 1.29 is 5.11 Å². The highest BCUT2D eigenvalue weighted by Gasteiger charge is 2.03. The van der Waals surface area contributed by atoms with Crippen LogP contribution in [0.5, 0.6) is 0 Å². The van der Waals surface area contributed by atoms with E-state index in [0.29, 0.717) is 12.6 Å². The zero-order chi connectivity index (χ0) is 12.5. The Morgan fingerprint density at radius 2 is 2.00 bits per heavy atom. The summed E-state index contributed by atoms with van der Waals surface area (Å²) >= 11 is 3.49.